The first-order valence-corrected chi connectivity index (χ1v) is 8.39. The number of aliphatic imine (C=N–C) groups is 1. The minimum atomic E-state index is -0.00350. The SMILES string of the molecule is CCOCCCNC(=NCC(=O)N(C)C)N(C)CC1CCOC1. The van der Waals surface area contributed by atoms with Crippen LogP contribution in [0, 0.1) is 5.92 Å². The van der Waals surface area contributed by atoms with E-state index < -0.39 is 0 Å². The summed E-state index contributed by atoms with van der Waals surface area (Å²) in [5, 5.41) is 3.33. The Balaban J connectivity index is 2.51. The van der Waals surface area contributed by atoms with E-state index in [1.54, 1.807) is 19.0 Å². The van der Waals surface area contributed by atoms with Crippen molar-refractivity contribution in [3.05, 3.63) is 0 Å². The van der Waals surface area contributed by atoms with Crippen LogP contribution in [0.1, 0.15) is 19.8 Å². The molecule has 0 aliphatic carbocycles. The second-order valence-electron chi connectivity index (χ2n) is 6.02. The maximum Gasteiger partial charge on any atom is 0.243 e. The highest BCUT2D eigenvalue weighted by Crippen LogP contribution is 2.13. The number of nitrogens with zero attached hydrogens (tertiary/aromatic N) is 3. The third-order valence-corrected chi connectivity index (χ3v) is 3.73. The van der Waals surface area contributed by atoms with Crippen LogP contribution in [0.4, 0.5) is 0 Å². The highest BCUT2D eigenvalue weighted by Gasteiger charge is 2.19. The van der Waals surface area contributed by atoms with Gasteiger partial charge in [0.2, 0.25) is 5.91 Å². The normalized spacial score (nSPS) is 18.1. The Morgan fingerprint density at radius 2 is 2.17 bits per heavy atom. The molecule has 0 radical (unpaired) electrons. The molecule has 1 aliphatic heterocycles. The second kappa shape index (κ2) is 11.2. The molecule has 1 fully saturated rings. The molecular formula is C16H32N4O3. The van der Waals surface area contributed by atoms with Gasteiger partial charge in [-0.15, -0.1) is 0 Å². The van der Waals surface area contributed by atoms with Crippen molar-refractivity contribution in [2.24, 2.45) is 10.9 Å². The van der Waals surface area contributed by atoms with Gasteiger partial charge in [0.05, 0.1) is 6.61 Å². The van der Waals surface area contributed by atoms with E-state index >= 15 is 0 Å². The van der Waals surface area contributed by atoms with Crippen molar-refractivity contribution in [3.63, 3.8) is 0 Å². The van der Waals surface area contributed by atoms with Gasteiger partial charge in [0.25, 0.3) is 0 Å². The Hall–Kier alpha value is -1.34. The number of carbonyl (C=O) groups excluding carboxylic acids is 1. The molecule has 0 spiro atoms. The number of likely N-dealkylation sites (N-methyl/N-ethyl adjacent to an activating group) is 1. The molecule has 23 heavy (non-hydrogen) atoms. The van der Waals surface area contributed by atoms with E-state index in [1.807, 2.05) is 14.0 Å². The Morgan fingerprint density at radius 3 is 2.78 bits per heavy atom. The van der Waals surface area contributed by atoms with Crippen LogP contribution in [-0.4, -0.2) is 88.9 Å². The number of guanidine groups is 1. The van der Waals surface area contributed by atoms with E-state index in [0.717, 1.165) is 58.3 Å². The van der Waals surface area contributed by atoms with Crippen molar-refractivity contribution in [1.82, 2.24) is 15.1 Å². The molecule has 0 aromatic heterocycles. The number of nitrogens with one attached hydrogen (secondary N) is 1. The summed E-state index contributed by atoms with van der Waals surface area (Å²) >= 11 is 0. The Labute approximate surface area is 140 Å². The van der Waals surface area contributed by atoms with Crippen LogP contribution in [0.5, 0.6) is 0 Å². The Kier molecular flexibility index (Phi) is 9.63. The summed E-state index contributed by atoms with van der Waals surface area (Å²) in [4.78, 5) is 19.9. The number of hydrogen-bond donors (Lipinski definition) is 1. The molecule has 7 nitrogen and oxygen atoms in total. The van der Waals surface area contributed by atoms with E-state index in [4.69, 9.17) is 9.47 Å². The fraction of sp³-hybridized carbons (Fsp3) is 0.875. The van der Waals surface area contributed by atoms with Crippen molar-refractivity contribution >= 4 is 11.9 Å². The van der Waals surface area contributed by atoms with Crippen LogP contribution in [-0.2, 0) is 14.3 Å². The van der Waals surface area contributed by atoms with Crippen LogP contribution in [0.15, 0.2) is 4.99 Å². The zero-order valence-electron chi connectivity index (χ0n) is 15.0. The number of carbonyl (C=O) groups is 1. The second-order valence-corrected chi connectivity index (χ2v) is 6.02. The zero-order valence-corrected chi connectivity index (χ0v) is 15.0. The van der Waals surface area contributed by atoms with Crippen molar-refractivity contribution in [1.29, 1.82) is 0 Å². The topological polar surface area (TPSA) is 66.4 Å². The molecule has 0 bridgehead atoms. The van der Waals surface area contributed by atoms with Gasteiger partial charge in [-0.25, -0.2) is 4.99 Å². The van der Waals surface area contributed by atoms with Gasteiger partial charge in [-0.3, -0.25) is 4.79 Å². The minimum absolute atomic E-state index is 0.00350. The molecule has 1 N–H and O–H groups in total. The first-order valence-electron chi connectivity index (χ1n) is 8.39. The summed E-state index contributed by atoms with van der Waals surface area (Å²) in [7, 11) is 5.49. The van der Waals surface area contributed by atoms with Crippen molar-refractivity contribution < 1.29 is 14.3 Å². The van der Waals surface area contributed by atoms with E-state index in [2.05, 4.69) is 15.2 Å². The average molecular weight is 328 g/mol. The third-order valence-electron chi connectivity index (χ3n) is 3.73. The quantitative estimate of drug-likeness (QED) is 0.377. The van der Waals surface area contributed by atoms with Gasteiger partial charge in [-0.05, 0) is 19.8 Å². The average Bonchev–Trinajstić information content (AvgIpc) is 3.02. The monoisotopic (exact) mass is 328 g/mol. The minimum Gasteiger partial charge on any atom is -0.382 e. The van der Waals surface area contributed by atoms with Gasteiger partial charge in [0.1, 0.15) is 6.54 Å². The van der Waals surface area contributed by atoms with Gasteiger partial charge < -0.3 is 24.6 Å². The van der Waals surface area contributed by atoms with Crippen LogP contribution in [0.3, 0.4) is 0 Å². The predicted octanol–water partition coefficient (Wildman–Crippen LogP) is 0.415. The summed E-state index contributed by atoms with van der Waals surface area (Å²) in [6, 6.07) is 0. The number of hydrogen-bond acceptors (Lipinski definition) is 4. The lowest BCUT2D eigenvalue weighted by Gasteiger charge is -2.25. The molecular weight excluding hydrogens is 296 g/mol. The van der Waals surface area contributed by atoms with Crippen LogP contribution in [0.25, 0.3) is 0 Å². The van der Waals surface area contributed by atoms with Gasteiger partial charge in [-0.2, -0.15) is 0 Å². The molecule has 0 aromatic rings. The van der Waals surface area contributed by atoms with E-state index in [-0.39, 0.29) is 12.5 Å². The van der Waals surface area contributed by atoms with Gasteiger partial charge in [-0.1, -0.05) is 0 Å². The fourth-order valence-electron chi connectivity index (χ4n) is 2.32. The van der Waals surface area contributed by atoms with E-state index in [9.17, 15) is 4.79 Å². The van der Waals surface area contributed by atoms with Crippen molar-refractivity contribution in [2.75, 3.05) is 67.2 Å². The summed E-state index contributed by atoms with van der Waals surface area (Å²) in [5.41, 5.74) is 0. The summed E-state index contributed by atoms with van der Waals surface area (Å²) in [6.45, 7) is 6.92. The zero-order chi connectivity index (χ0) is 17.1. The molecule has 134 valence electrons. The third kappa shape index (κ3) is 8.18. The Bertz CT molecular complexity index is 368. The molecule has 0 saturated carbocycles. The summed E-state index contributed by atoms with van der Waals surface area (Å²) in [5.74, 6) is 1.29. The predicted molar refractivity (Wildman–Crippen MR) is 91.7 cm³/mol. The molecule has 1 unspecified atom stereocenters. The number of rotatable bonds is 9. The first kappa shape index (κ1) is 19.7. The van der Waals surface area contributed by atoms with Crippen LogP contribution >= 0.6 is 0 Å². The van der Waals surface area contributed by atoms with E-state index in [0.29, 0.717) is 5.92 Å². The lowest BCUT2D eigenvalue weighted by Crippen LogP contribution is -2.42. The van der Waals surface area contributed by atoms with Crippen molar-refractivity contribution in [3.8, 4) is 0 Å². The molecule has 1 amide bonds. The molecule has 1 heterocycles. The lowest BCUT2D eigenvalue weighted by molar-refractivity contribution is -0.127. The molecule has 1 atom stereocenters. The maximum atomic E-state index is 11.8. The maximum absolute atomic E-state index is 11.8. The van der Waals surface area contributed by atoms with Crippen LogP contribution < -0.4 is 5.32 Å². The van der Waals surface area contributed by atoms with Gasteiger partial charge in [0, 0.05) is 60.0 Å². The smallest absolute Gasteiger partial charge is 0.243 e. The molecule has 1 aliphatic rings. The molecule has 1 saturated heterocycles. The summed E-state index contributed by atoms with van der Waals surface area (Å²) < 4.78 is 10.8. The van der Waals surface area contributed by atoms with Gasteiger partial charge in [0.15, 0.2) is 5.96 Å². The highest BCUT2D eigenvalue weighted by atomic mass is 16.5. The Morgan fingerprint density at radius 1 is 1.39 bits per heavy atom. The number of ether oxygens (including phenoxy) is 2. The number of amides is 1. The lowest BCUT2D eigenvalue weighted by atomic mass is 10.1. The fourth-order valence-corrected chi connectivity index (χ4v) is 2.32. The molecule has 7 heteroatoms. The largest absolute Gasteiger partial charge is 0.382 e. The highest BCUT2D eigenvalue weighted by molar-refractivity contribution is 5.84. The first-order chi connectivity index (χ1) is 11.0. The van der Waals surface area contributed by atoms with E-state index in [1.165, 1.54) is 0 Å². The van der Waals surface area contributed by atoms with Crippen LogP contribution in [0.2, 0.25) is 0 Å². The standard InChI is InChI=1S/C16H32N4O3/c1-5-22-9-6-8-17-16(18-11-15(21)19(2)3)20(4)12-14-7-10-23-13-14/h14H,5-13H2,1-4H3,(H,17,18). The van der Waals surface area contributed by atoms with Crippen molar-refractivity contribution in [2.45, 2.75) is 19.8 Å². The summed E-state index contributed by atoms with van der Waals surface area (Å²) in [6.07, 6.45) is 1.99. The molecule has 1 rings (SSSR count). The molecule has 0 aromatic carbocycles. The van der Waals surface area contributed by atoms with Gasteiger partial charge >= 0.3 is 0 Å².